The van der Waals surface area contributed by atoms with Gasteiger partial charge in [-0.1, -0.05) is 110 Å². The molecule has 0 aromatic rings. The van der Waals surface area contributed by atoms with Crippen LogP contribution in [0.2, 0.25) is 49.4 Å². The largest absolute Gasteiger partial charge is 0.107 e. The van der Waals surface area contributed by atoms with Gasteiger partial charge in [0, 0.05) is 0 Å². The molecule has 0 saturated carbocycles. The van der Waals surface area contributed by atoms with Gasteiger partial charge in [0.2, 0.25) is 0 Å². The first kappa shape index (κ1) is 30.8. The summed E-state index contributed by atoms with van der Waals surface area (Å²) in [6.07, 6.45) is 4.84. The van der Waals surface area contributed by atoms with Crippen LogP contribution >= 0.6 is 0 Å². The highest BCUT2D eigenvalue weighted by molar-refractivity contribution is 6.91. The summed E-state index contributed by atoms with van der Waals surface area (Å²) in [4.78, 5) is 0. The summed E-state index contributed by atoms with van der Waals surface area (Å²) < 4.78 is 0. The summed E-state index contributed by atoms with van der Waals surface area (Å²) in [5, 5.41) is 0. The van der Waals surface area contributed by atoms with Crippen LogP contribution in [-0.4, -0.2) is 32.3 Å². The molecule has 0 aliphatic heterocycles. The molecule has 0 N–H and O–H groups in total. The van der Waals surface area contributed by atoms with Crippen LogP contribution < -0.4 is 0 Å². The summed E-state index contributed by atoms with van der Waals surface area (Å²) in [5.74, 6) is 0. The second-order valence-electron chi connectivity index (χ2n) is 10.4. The fourth-order valence-electron chi connectivity index (χ4n) is 4.33. The van der Waals surface area contributed by atoms with E-state index in [4.69, 9.17) is 0 Å². The van der Waals surface area contributed by atoms with Crippen molar-refractivity contribution < 1.29 is 0 Å². The Morgan fingerprint density at radius 1 is 0.500 bits per heavy atom. The third-order valence-electron chi connectivity index (χ3n) is 8.25. The Morgan fingerprint density at radius 3 is 1.19 bits per heavy atom. The Hall–Kier alpha value is -1.21. The average molecular weight is 499 g/mol. The Labute approximate surface area is 205 Å². The standard InChI is InChI=1S/C28H50Si4/c1-13-29(9,14-2)24-21-22-27(31(11,17-5)18-6)26-28(32(12,19-7)20-8)23-25-30(10,15-3)16-4/h13-20,27-28H,1-8,21-26H2,9-12H3. The Bertz CT molecular complexity index is 670. The molecule has 178 valence electrons. The molecule has 0 amide bonds. The predicted octanol–water partition coefficient (Wildman–Crippen LogP) is 9.40. The fraction of sp³-hybridized carbons (Fsp3) is 0.429. The molecule has 0 nitrogen and oxygen atoms in total. The molecule has 0 radical (unpaired) electrons. The molecular formula is C28H50Si4. The molecule has 4 heteroatoms. The minimum absolute atomic E-state index is 0.614. The molecule has 2 atom stereocenters. The van der Waals surface area contributed by atoms with Crippen molar-refractivity contribution in [3.05, 3.63) is 98.2 Å². The van der Waals surface area contributed by atoms with Gasteiger partial charge in [-0.15, -0.1) is 52.6 Å². The highest BCUT2D eigenvalue weighted by Gasteiger charge is 2.39. The van der Waals surface area contributed by atoms with Crippen LogP contribution in [0.1, 0.15) is 25.7 Å². The van der Waals surface area contributed by atoms with Gasteiger partial charge in [0.05, 0.1) is 16.1 Å². The van der Waals surface area contributed by atoms with Gasteiger partial charge >= 0.3 is 0 Å². The van der Waals surface area contributed by atoms with Crippen molar-refractivity contribution in [3.8, 4) is 0 Å². The molecule has 0 saturated heterocycles. The lowest BCUT2D eigenvalue weighted by molar-refractivity contribution is 0.597. The topological polar surface area (TPSA) is 0 Å². The monoisotopic (exact) mass is 498 g/mol. The van der Waals surface area contributed by atoms with Crippen LogP contribution in [0.5, 0.6) is 0 Å². The summed E-state index contributed by atoms with van der Waals surface area (Å²) in [5.41, 5.74) is 18.9. The smallest absolute Gasteiger partial charge is 0.100 e. The maximum absolute atomic E-state index is 4.25. The van der Waals surface area contributed by atoms with Crippen molar-refractivity contribution in [3.63, 3.8) is 0 Å². The van der Waals surface area contributed by atoms with E-state index in [0.29, 0.717) is 11.1 Å². The summed E-state index contributed by atoms with van der Waals surface area (Å²) >= 11 is 0. The van der Waals surface area contributed by atoms with E-state index in [1.165, 1.54) is 37.8 Å². The molecule has 0 aromatic carbocycles. The van der Waals surface area contributed by atoms with Crippen molar-refractivity contribution in [2.45, 2.75) is 75.0 Å². The third-order valence-corrected chi connectivity index (χ3v) is 22.9. The maximum atomic E-state index is 4.25. The first-order chi connectivity index (χ1) is 14.9. The second-order valence-corrected chi connectivity index (χ2v) is 27.8. The fourth-order valence-corrected chi connectivity index (χ4v) is 12.8. The van der Waals surface area contributed by atoms with E-state index in [-0.39, 0.29) is 0 Å². The van der Waals surface area contributed by atoms with Crippen LogP contribution in [-0.2, 0) is 0 Å². The van der Waals surface area contributed by atoms with E-state index >= 15 is 0 Å². The number of hydrogen-bond acceptors (Lipinski definition) is 0. The highest BCUT2D eigenvalue weighted by Crippen LogP contribution is 2.44. The molecule has 0 spiro atoms. The van der Waals surface area contributed by atoms with E-state index in [2.05, 4.69) is 124 Å². The van der Waals surface area contributed by atoms with Gasteiger partial charge in [0.1, 0.15) is 16.1 Å². The molecule has 0 aliphatic rings. The zero-order chi connectivity index (χ0) is 25.1. The van der Waals surface area contributed by atoms with Gasteiger partial charge in [0.25, 0.3) is 0 Å². The van der Waals surface area contributed by atoms with Crippen LogP contribution in [0.4, 0.5) is 0 Å². The van der Waals surface area contributed by atoms with Gasteiger partial charge in [-0.3, -0.25) is 0 Å². The lowest BCUT2D eigenvalue weighted by atomic mass is 10.1. The first-order valence-corrected chi connectivity index (χ1v) is 23.2. The highest BCUT2D eigenvalue weighted by atomic mass is 28.3. The van der Waals surface area contributed by atoms with Gasteiger partial charge in [-0.05, 0) is 11.1 Å². The van der Waals surface area contributed by atoms with Gasteiger partial charge in [0.15, 0.2) is 0 Å². The minimum Gasteiger partial charge on any atom is -0.107 e. The summed E-state index contributed by atoms with van der Waals surface area (Å²) in [7, 11) is -6.72. The molecule has 0 aromatic heterocycles. The zero-order valence-electron chi connectivity index (χ0n) is 21.7. The quantitative estimate of drug-likeness (QED) is 0.155. The second kappa shape index (κ2) is 13.5. The third kappa shape index (κ3) is 8.29. The van der Waals surface area contributed by atoms with Crippen LogP contribution in [0, 0.1) is 0 Å². The molecule has 0 aliphatic carbocycles. The Balaban J connectivity index is 5.96. The maximum Gasteiger partial charge on any atom is 0.100 e. The van der Waals surface area contributed by atoms with Crippen LogP contribution in [0.15, 0.2) is 98.2 Å². The summed E-state index contributed by atoms with van der Waals surface area (Å²) in [6, 6.07) is 2.41. The van der Waals surface area contributed by atoms with Crippen molar-refractivity contribution in [1.82, 2.24) is 0 Å². The van der Waals surface area contributed by atoms with Crippen molar-refractivity contribution in [2.75, 3.05) is 0 Å². The zero-order valence-corrected chi connectivity index (χ0v) is 25.7. The molecular weight excluding hydrogens is 449 g/mol. The van der Waals surface area contributed by atoms with Gasteiger partial charge in [-0.25, -0.2) is 0 Å². The van der Waals surface area contributed by atoms with E-state index in [0.717, 1.165) is 0 Å². The minimum atomic E-state index is -1.80. The van der Waals surface area contributed by atoms with E-state index in [1.54, 1.807) is 0 Å². The lowest BCUT2D eigenvalue weighted by Gasteiger charge is -2.39. The first-order valence-electron chi connectivity index (χ1n) is 12.0. The summed E-state index contributed by atoms with van der Waals surface area (Å²) in [6.45, 7) is 43.0. The van der Waals surface area contributed by atoms with Crippen molar-refractivity contribution in [1.29, 1.82) is 0 Å². The van der Waals surface area contributed by atoms with E-state index in [1.807, 2.05) is 0 Å². The Kier molecular flexibility index (Phi) is 13.0. The molecule has 0 heterocycles. The van der Waals surface area contributed by atoms with Gasteiger partial charge < -0.3 is 0 Å². The molecule has 0 rings (SSSR count). The number of rotatable bonds is 19. The van der Waals surface area contributed by atoms with Crippen molar-refractivity contribution in [2.24, 2.45) is 0 Å². The lowest BCUT2D eigenvalue weighted by Crippen LogP contribution is -2.39. The van der Waals surface area contributed by atoms with Crippen LogP contribution in [0.3, 0.4) is 0 Å². The Morgan fingerprint density at radius 2 is 0.844 bits per heavy atom. The predicted molar refractivity (Wildman–Crippen MR) is 164 cm³/mol. The van der Waals surface area contributed by atoms with Gasteiger partial charge in [-0.2, -0.15) is 0 Å². The van der Waals surface area contributed by atoms with Crippen molar-refractivity contribution >= 4 is 32.3 Å². The SMILES string of the molecule is C=C[Si](C)(C=C)CCCC(CC(CC[Si](C)(C=C)C=C)[Si](C)(C=C)C=C)[Si](C)(C=C)C=C. The van der Waals surface area contributed by atoms with Crippen LogP contribution in [0.25, 0.3) is 0 Å². The number of hydrogen-bond donors (Lipinski definition) is 0. The molecule has 32 heavy (non-hydrogen) atoms. The normalized spacial score (nSPS) is 14.5. The molecule has 0 fully saturated rings. The van der Waals surface area contributed by atoms with E-state index in [9.17, 15) is 0 Å². The van der Waals surface area contributed by atoms with E-state index < -0.39 is 32.3 Å². The average Bonchev–Trinajstić information content (AvgIpc) is 2.83. The molecule has 2 unspecified atom stereocenters. The molecule has 0 bridgehead atoms.